The topological polar surface area (TPSA) is 139 Å². The van der Waals surface area contributed by atoms with E-state index in [0.29, 0.717) is 24.6 Å². The summed E-state index contributed by atoms with van der Waals surface area (Å²) in [4.78, 5) is 28.8. The predicted octanol–water partition coefficient (Wildman–Crippen LogP) is 2.59. The predicted molar refractivity (Wildman–Crippen MR) is 114 cm³/mol. The Morgan fingerprint density at radius 3 is 2.61 bits per heavy atom. The number of fused-ring (bicyclic) bond motifs is 1. The summed E-state index contributed by atoms with van der Waals surface area (Å²) in [7, 11) is 0. The van der Waals surface area contributed by atoms with Crippen LogP contribution in [0.4, 0.5) is 10.6 Å². The van der Waals surface area contributed by atoms with Gasteiger partial charge < -0.3 is 20.4 Å². The Labute approximate surface area is 179 Å². The van der Waals surface area contributed by atoms with Gasteiger partial charge in [-0.1, -0.05) is 6.92 Å². The molecule has 31 heavy (non-hydrogen) atoms. The molecule has 3 aromatic heterocycles. The molecule has 11 nitrogen and oxygen atoms in total. The molecule has 4 rings (SSSR count). The van der Waals surface area contributed by atoms with Crippen molar-refractivity contribution in [1.82, 2.24) is 35.1 Å². The van der Waals surface area contributed by atoms with Gasteiger partial charge in [-0.3, -0.25) is 9.88 Å². The normalized spacial score (nSPS) is 16.6. The molecule has 1 fully saturated rings. The Bertz CT molecular complexity index is 1060. The summed E-state index contributed by atoms with van der Waals surface area (Å²) in [5.74, 6) is 0.673. The van der Waals surface area contributed by atoms with E-state index in [-0.39, 0.29) is 18.0 Å². The van der Waals surface area contributed by atoms with E-state index < -0.39 is 5.60 Å². The number of carbonyl (C=O) groups excluding carboxylic acids is 1. The largest absolute Gasteiger partial charge is 0.444 e. The number of aromatic nitrogens is 5. The summed E-state index contributed by atoms with van der Waals surface area (Å²) < 4.78 is 10.2. The van der Waals surface area contributed by atoms with Gasteiger partial charge in [0.25, 0.3) is 0 Å². The summed E-state index contributed by atoms with van der Waals surface area (Å²) in [6.07, 6.45) is 4.20. The maximum absolute atomic E-state index is 12.4. The van der Waals surface area contributed by atoms with Gasteiger partial charge in [-0.2, -0.15) is 0 Å². The highest BCUT2D eigenvalue weighted by Gasteiger charge is 2.30. The van der Waals surface area contributed by atoms with Gasteiger partial charge in [-0.25, -0.2) is 14.4 Å². The molecule has 0 aromatic carbocycles. The van der Waals surface area contributed by atoms with Crippen molar-refractivity contribution in [2.75, 3.05) is 31.9 Å². The molecule has 1 aliphatic rings. The summed E-state index contributed by atoms with van der Waals surface area (Å²) in [6.45, 7) is 10.5. The molecule has 1 atom stereocenters. The molecule has 3 N–H and O–H groups in total. The molecule has 4 heterocycles. The lowest BCUT2D eigenvalue weighted by Gasteiger charge is -2.39. The third-order valence-electron chi connectivity index (χ3n) is 5.31. The quantitative estimate of drug-likeness (QED) is 0.641. The van der Waals surface area contributed by atoms with Crippen LogP contribution < -0.4 is 5.73 Å². The average Bonchev–Trinajstić information content (AvgIpc) is 3.34. The Morgan fingerprint density at radius 1 is 1.26 bits per heavy atom. The maximum Gasteiger partial charge on any atom is 0.410 e. The van der Waals surface area contributed by atoms with Crippen LogP contribution in [0.2, 0.25) is 0 Å². The van der Waals surface area contributed by atoms with Crippen molar-refractivity contribution in [2.24, 2.45) is 0 Å². The molecule has 3 aromatic rings. The smallest absolute Gasteiger partial charge is 0.410 e. The second kappa shape index (κ2) is 8.14. The Kier molecular flexibility index (Phi) is 5.52. The Morgan fingerprint density at radius 2 is 2.00 bits per heavy atom. The van der Waals surface area contributed by atoms with Gasteiger partial charge in [0, 0.05) is 44.0 Å². The van der Waals surface area contributed by atoms with Crippen molar-refractivity contribution in [3.63, 3.8) is 0 Å². The van der Waals surface area contributed by atoms with E-state index in [9.17, 15) is 4.79 Å². The average molecular weight is 428 g/mol. The van der Waals surface area contributed by atoms with Crippen molar-refractivity contribution < 1.29 is 14.2 Å². The van der Waals surface area contributed by atoms with Gasteiger partial charge >= 0.3 is 6.09 Å². The summed E-state index contributed by atoms with van der Waals surface area (Å²) in [5.41, 5.74) is 8.32. The fourth-order valence-electron chi connectivity index (χ4n) is 3.89. The molecular formula is C20H28N8O3. The Hall–Kier alpha value is -3.21. The fourth-order valence-corrected chi connectivity index (χ4v) is 3.89. The molecule has 0 bridgehead atoms. The summed E-state index contributed by atoms with van der Waals surface area (Å²) in [6, 6.07) is 0.112. The van der Waals surface area contributed by atoms with E-state index in [0.717, 1.165) is 36.1 Å². The highest BCUT2D eigenvalue weighted by Crippen LogP contribution is 2.32. The zero-order valence-electron chi connectivity index (χ0n) is 18.3. The molecule has 166 valence electrons. The number of imidazole rings is 1. The monoisotopic (exact) mass is 428 g/mol. The number of aromatic amines is 1. The number of hydrogen-bond donors (Lipinski definition) is 2. The number of nitrogens with two attached hydrogens (primary N) is 1. The molecule has 0 spiro atoms. The van der Waals surface area contributed by atoms with E-state index in [2.05, 4.69) is 32.1 Å². The molecule has 1 aliphatic heterocycles. The van der Waals surface area contributed by atoms with E-state index in [4.69, 9.17) is 20.1 Å². The Balaban J connectivity index is 1.54. The summed E-state index contributed by atoms with van der Waals surface area (Å²) >= 11 is 0. The van der Waals surface area contributed by atoms with E-state index >= 15 is 0 Å². The fraction of sp³-hybridized carbons (Fsp3) is 0.550. The number of nitrogen functional groups attached to an aromatic ring is 1. The van der Waals surface area contributed by atoms with Crippen LogP contribution in [0.1, 0.15) is 45.7 Å². The molecule has 1 saturated heterocycles. The highest BCUT2D eigenvalue weighted by atomic mass is 16.6. The minimum Gasteiger partial charge on any atom is -0.444 e. The molecular weight excluding hydrogens is 400 g/mol. The van der Waals surface area contributed by atoms with Gasteiger partial charge in [0.05, 0.1) is 17.2 Å². The summed E-state index contributed by atoms with van der Waals surface area (Å²) in [5, 5.41) is 7.45. The van der Waals surface area contributed by atoms with Crippen molar-refractivity contribution in [3.05, 3.63) is 18.0 Å². The van der Waals surface area contributed by atoms with Crippen LogP contribution in [0, 0.1) is 0 Å². The number of carbonyl (C=O) groups is 1. The number of anilines is 1. The van der Waals surface area contributed by atoms with Gasteiger partial charge in [0.15, 0.2) is 17.3 Å². The second-order valence-corrected chi connectivity index (χ2v) is 8.64. The van der Waals surface area contributed by atoms with Crippen LogP contribution in [0.5, 0.6) is 0 Å². The molecule has 1 amide bonds. The number of amides is 1. The van der Waals surface area contributed by atoms with E-state index in [1.54, 1.807) is 11.1 Å². The molecule has 1 unspecified atom stereocenters. The van der Waals surface area contributed by atoms with E-state index in [1.165, 1.54) is 0 Å². The van der Waals surface area contributed by atoms with Crippen molar-refractivity contribution in [2.45, 2.75) is 45.8 Å². The molecule has 0 saturated carbocycles. The first-order chi connectivity index (χ1) is 14.8. The molecule has 0 radical (unpaired) electrons. The third-order valence-corrected chi connectivity index (χ3v) is 5.31. The van der Waals surface area contributed by atoms with E-state index in [1.807, 2.05) is 27.0 Å². The van der Waals surface area contributed by atoms with Crippen molar-refractivity contribution >= 4 is 22.9 Å². The first-order valence-electron chi connectivity index (χ1n) is 10.4. The van der Waals surface area contributed by atoms with Crippen molar-refractivity contribution in [3.8, 4) is 11.5 Å². The van der Waals surface area contributed by atoms with Crippen molar-refractivity contribution in [1.29, 1.82) is 0 Å². The standard InChI is InChI=1S/C20H28N8O3/c1-5-14(27-6-8-28(9-7-27)19(29)30-20(2,3)4)12-10-22-11-13-15(12)24-18(23-13)16-17(21)26-31-25-16/h10-11,14H,5-9H2,1-4H3,(H2,21,26)(H,23,24). The number of H-pyrrole nitrogens is 1. The SMILES string of the molecule is CCC(c1cncc2[nH]c(-c3nonc3N)nc12)N1CCN(C(=O)OC(C)(C)C)CC1. The number of rotatable bonds is 4. The highest BCUT2D eigenvalue weighted by molar-refractivity contribution is 5.82. The number of nitrogens with zero attached hydrogens (tertiary/aromatic N) is 6. The minimum atomic E-state index is -0.498. The van der Waals surface area contributed by atoms with Crippen LogP contribution in [0.25, 0.3) is 22.6 Å². The first kappa shape index (κ1) is 21.0. The number of nitrogens with one attached hydrogen (secondary N) is 1. The number of pyridine rings is 1. The lowest BCUT2D eigenvalue weighted by Crippen LogP contribution is -2.50. The third kappa shape index (κ3) is 4.31. The van der Waals surface area contributed by atoms with Crippen LogP contribution in [0.15, 0.2) is 17.0 Å². The van der Waals surface area contributed by atoms with Gasteiger partial charge in [-0.15, -0.1) is 0 Å². The van der Waals surface area contributed by atoms with Gasteiger partial charge in [0.1, 0.15) is 5.60 Å². The number of hydrogen-bond acceptors (Lipinski definition) is 9. The molecule has 11 heteroatoms. The number of piperazine rings is 1. The minimum absolute atomic E-state index is 0.112. The van der Waals surface area contributed by atoms with Crippen LogP contribution >= 0.6 is 0 Å². The molecule has 0 aliphatic carbocycles. The lowest BCUT2D eigenvalue weighted by atomic mass is 10.0. The van der Waals surface area contributed by atoms with Crippen LogP contribution in [0.3, 0.4) is 0 Å². The van der Waals surface area contributed by atoms with Gasteiger partial charge in [0.2, 0.25) is 0 Å². The van der Waals surface area contributed by atoms with Gasteiger partial charge in [-0.05, 0) is 37.5 Å². The maximum atomic E-state index is 12.4. The second-order valence-electron chi connectivity index (χ2n) is 8.64. The lowest BCUT2D eigenvalue weighted by molar-refractivity contribution is 0.0100. The number of ether oxygens (including phenoxy) is 1. The van der Waals surface area contributed by atoms with Crippen LogP contribution in [-0.4, -0.2) is 72.9 Å². The van der Waals surface area contributed by atoms with Crippen LogP contribution in [-0.2, 0) is 4.74 Å². The first-order valence-corrected chi connectivity index (χ1v) is 10.4. The zero-order valence-corrected chi connectivity index (χ0v) is 18.3. The zero-order chi connectivity index (χ0) is 22.2.